The number of rotatable bonds is 5. The molecular formula is C25H21FN2O2. The first-order valence-electron chi connectivity index (χ1n) is 9.94. The maximum atomic E-state index is 13.4. The molecule has 0 N–H and O–H groups in total. The van der Waals surface area contributed by atoms with Crippen molar-refractivity contribution in [1.82, 2.24) is 5.01 Å². The molecule has 5 rings (SSSR count). The maximum absolute atomic E-state index is 13.4. The van der Waals surface area contributed by atoms with E-state index in [0.717, 1.165) is 40.3 Å². The summed E-state index contributed by atoms with van der Waals surface area (Å²) in [4.78, 5) is 0. The third kappa shape index (κ3) is 3.32. The number of nitrogens with zero attached hydrogens (tertiary/aromatic N) is 2. The summed E-state index contributed by atoms with van der Waals surface area (Å²) in [5, 5.41) is 6.91. The van der Waals surface area contributed by atoms with Gasteiger partial charge in [0.25, 0.3) is 0 Å². The molecule has 0 unspecified atom stereocenters. The Morgan fingerprint density at radius 1 is 1.07 bits per heavy atom. The fourth-order valence-electron chi connectivity index (χ4n) is 3.95. The number of halogens is 1. The lowest BCUT2D eigenvalue weighted by atomic mass is 9.96. The first-order valence-corrected chi connectivity index (χ1v) is 9.94. The van der Waals surface area contributed by atoms with E-state index >= 15 is 0 Å². The number of hydrogen-bond acceptors (Lipinski definition) is 4. The molecule has 0 radical (unpaired) electrons. The molecule has 2 aliphatic rings. The van der Waals surface area contributed by atoms with E-state index in [4.69, 9.17) is 14.6 Å². The van der Waals surface area contributed by atoms with Crippen LogP contribution in [0.15, 0.2) is 90.6 Å². The zero-order valence-electron chi connectivity index (χ0n) is 16.4. The summed E-state index contributed by atoms with van der Waals surface area (Å²) in [6.45, 7) is 4.14. The maximum Gasteiger partial charge on any atom is 0.213 e. The van der Waals surface area contributed by atoms with E-state index < -0.39 is 0 Å². The zero-order chi connectivity index (χ0) is 20.5. The highest BCUT2D eigenvalue weighted by molar-refractivity contribution is 6.01. The Labute approximate surface area is 174 Å². The Bertz CT molecular complexity index is 1090. The lowest BCUT2D eigenvalue weighted by Crippen LogP contribution is -2.33. The van der Waals surface area contributed by atoms with Gasteiger partial charge in [0.1, 0.15) is 23.9 Å². The molecule has 3 aromatic rings. The Kier molecular flexibility index (Phi) is 4.71. The average Bonchev–Trinajstić information content (AvgIpc) is 3.24. The molecule has 30 heavy (non-hydrogen) atoms. The molecular weight excluding hydrogens is 379 g/mol. The minimum Gasteiger partial charge on any atom is -0.490 e. The predicted octanol–water partition coefficient (Wildman–Crippen LogP) is 5.63. The second-order valence-electron chi connectivity index (χ2n) is 7.33. The van der Waals surface area contributed by atoms with Gasteiger partial charge >= 0.3 is 0 Å². The van der Waals surface area contributed by atoms with E-state index in [-0.39, 0.29) is 18.1 Å². The van der Waals surface area contributed by atoms with Gasteiger partial charge in [0.2, 0.25) is 6.23 Å². The first kappa shape index (κ1) is 18.4. The highest BCUT2D eigenvalue weighted by Crippen LogP contribution is 2.47. The number of para-hydroxylation sites is 1. The van der Waals surface area contributed by atoms with E-state index in [1.807, 2.05) is 47.5 Å². The van der Waals surface area contributed by atoms with Gasteiger partial charge in [-0.1, -0.05) is 43.0 Å². The molecule has 0 spiro atoms. The van der Waals surface area contributed by atoms with Crippen LogP contribution in [0.2, 0.25) is 0 Å². The molecule has 0 fully saturated rings. The molecule has 150 valence electrons. The van der Waals surface area contributed by atoms with Gasteiger partial charge < -0.3 is 9.47 Å². The highest BCUT2D eigenvalue weighted by Gasteiger charge is 2.40. The monoisotopic (exact) mass is 400 g/mol. The number of hydrogen-bond donors (Lipinski definition) is 0. The van der Waals surface area contributed by atoms with Gasteiger partial charge in [-0.15, -0.1) is 0 Å². The van der Waals surface area contributed by atoms with E-state index in [2.05, 4.69) is 12.6 Å². The molecule has 0 saturated carbocycles. The van der Waals surface area contributed by atoms with Crippen LogP contribution in [0.4, 0.5) is 4.39 Å². The van der Waals surface area contributed by atoms with Gasteiger partial charge in [-0.2, -0.15) is 5.10 Å². The molecule has 2 heterocycles. The van der Waals surface area contributed by atoms with Gasteiger partial charge in [0.05, 0.1) is 11.8 Å². The standard InChI is InChI=1S/C25H21FN2O2/c1-2-15-29-20-13-9-18(10-14-20)25-28-23(21-5-3-4-6-24(21)30-25)16-22(27-28)17-7-11-19(26)12-8-17/h2-14,23,25H,1,15-16H2/t23-,25-/m1/s1. The van der Waals surface area contributed by atoms with Crippen LogP contribution in [0.1, 0.15) is 35.4 Å². The molecule has 2 aliphatic heterocycles. The Hall–Kier alpha value is -3.60. The van der Waals surface area contributed by atoms with Crippen LogP contribution in [-0.4, -0.2) is 17.3 Å². The van der Waals surface area contributed by atoms with Crippen molar-refractivity contribution >= 4 is 5.71 Å². The van der Waals surface area contributed by atoms with Gasteiger partial charge in [-0.3, -0.25) is 0 Å². The van der Waals surface area contributed by atoms with Crippen molar-refractivity contribution in [2.45, 2.75) is 18.7 Å². The molecule has 4 nitrogen and oxygen atoms in total. The van der Waals surface area contributed by atoms with E-state index in [0.29, 0.717) is 6.61 Å². The fourth-order valence-corrected chi connectivity index (χ4v) is 3.95. The summed E-state index contributed by atoms with van der Waals surface area (Å²) in [6, 6.07) is 22.5. The summed E-state index contributed by atoms with van der Waals surface area (Å²) < 4.78 is 25.3. The van der Waals surface area contributed by atoms with Gasteiger partial charge in [-0.25, -0.2) is 9.40 Å². The molecule has 0 aliphatic carbocycles. The minimum absolute atomic E-state index is 0.0664. The van der Waals surface area contributed by atoms with Crippen molar-refractivity contribution in [3.05, 3.63) is 108 Å². The third-order valence-corrected chi connectivity index (χ3v) is 5.41. The molecule has 2 atom stereocenters. The van der Waals surface area contributed by atoms with Crippen LogP contribution in [0.25, 0.3) is 0 Å². The van der Waals surface area contributed by atoms with Crippen LogP contribution < -0.4 is 9.47 Å². The summed E-state index contributed by atoms with van der Waals surface area (Å²) in [6.07, 6.45) is 2.11. The second kappa shape index (κ2) is 7.67. The smallest absolute Gasteiger partial charge is 0.213 e. The Balaban J connectivity index is 1.51. The quantitative estimate of drug-likeness (QED) is 0.520. The SMILES string of the molecule is C=CCOc1ccc([C@H]2Oc3ccccc3[C@H]3CC(c4ccc(F)cc4)=NN32)cc1. The normalized spacial score (nSPS) is 19.4. The summed E-state index contributed by atoms with van der Waals surface area (Å²) in [5.41, 5.74) is 3.96. The molecule has 3 aromatic carbocycles. The molecule has 0 aromatic heterocycles. The van der Waals surface area contributed by atoms with Gasteiger partial charge in [0, 0.05) is 17.5 Å². The van der Waals surface area contributed by atoms with Gasteiger partial charge in [0.15, 0.2) is 0 Å². The van der Waals surface area contributed by atoms with Crippen molar-refractivity contribution in [2.75, 3.05) is 6.61 Å². The highest BCUT2D eigenvalue weighted by atomic mass is 19.1. The van der Waals surface area contributed by atoms with Crippen molar-refractivity contribution in [3.8, 4) is 11.5 Å². The van der Waals surface area contributed by atoms with Crippen LogP contribution >= 0.6 is 0 Å². The lowest BCUT2D eigenvalue weighted by molar-refractivity contribution is -0.0190. The van der Waals surface area contributed by atoms with Crippen LogP contribution in [-0.2, 0) is 0 Å². The summed E-state index contributed by atoms with van der Waals surface area (Å²) >= 11 is 0. The summed E-state index contributed by atoms with van der Waals surface area (Å²) in [5.74, 6) is 1.40. The molecule has 5 heteroatoms. The Morgan fingerprint density at radius 3 is 2.60 bits per heavy atom. The number of ether oxygens (including phenoxy) is 2. The van der Waals surface area contributed by atoms with Crippen molar-refractivity contribution < 1.29 is 13.9 Å². The number of benzene rings is 3. The largest absolute Gasteiger partial charge is 0.490 e. The van der Waals surface area contributed by atoms with E-state index in [9.17, 15) is 4.39 Å². The van der Waals surface area contributed by atoms with E-state index in [1.54, 1.807) is 18.2 Å². The van der Waals surface area contributed by atoms with Crippen molar-refractivity contribution in [1.29, 1.82) is 0 Å². The second-order valence-corrected chi connectivity index (χ2v) is 7.33. The summed E-state index contributed by atoms with van der Waals surface area (Å²) in [7, 11) is 0. The van der Waals surface area contributed by atoms with E-state index in [1.165, 1.54) is 12.1 Å². The average molecular weight is 400 g/mol. The topological polar surface area (TPSA) is 34.1 Å². The molecule has 0 bridgehead atoms. The molecule has 0 saturated heterocycles. The lowest BCUT2D eigenvalue weighted by Gasteiger charge is -2.38. The van der Waals surface area contributed by atoms with Crippen LogP contribution in [0.3, 0.4) is 0 Å². The van der Waals surface area contributed by atoms with Crippen LogP contribution in [0.5, 0.6) is 11.5 Å². The van der Waals surface area contributed by atoms with Crippen molar-refractivity contribution in [3.63, 3.8) is 0 Å². The van der Waals surface area contributed by atoms with Gasteiger partial charge in [-0.05, 0) is 48.0 Å². The minimum atomic E-state index is -0.351. The first-order chi connectivity index (χ1) is 14.7. The fraction of sp³-hybridized carbons (Fsp3) is 0.160. The molecule has 0 amide bonds. The van der Waals surface area contributed by atoms with Crippen LogP contribution in [0, 0.1) is 5.82 Å². The predicted molar refractivity (Wildman–Crippen MR) is 114 cm³/mol. The Morgan fingerprint density at radius 2 is 1.83 bits per heavy atom. The zero-order valence-corrected chi connectivity index (χ0v) is 16.4. The third-order valence-electron chi connectivity index (χ3n) is 5.41. The number of hydrazone groups is 1. The van der Waals surface area contributed by atoms with Crippen molar-refractivity contribution in [2.24, 2.45) is 5.10 Å². The number of fused-ring (bicyclic) bond motifs is 3.